The number of hydrogen-bond donors (Lipinski definition) is 1. The summed E-state index contributed by atoms with van der Waals surface area (Å²) in [5.74, 6) is -0.178. The van der Waals surface area contributed by atoms with Gasteiger partial charge in [0.25, 0.3) is 6.20 Å². The lowest BCUT2D eigenvalue weighted by Gasteiger charge is -2.17. The smallest absolute Gasteiger partial charge is 0.253 e. The number of nitrogens with one attached hydrogen (secondary N) is 1. The Morgan fingerprint density at radius 1 is 1.72 bits per heavy atom. The Hall–Kier alpha value is -1.88. The highest BCUT2D eigenvalue weighted by Crippen LogP contribution is 2.26. The molecule has 0 amide bonds. The zero-order valence-electron chi connectivity index (χ0n) is 9.97. The predicted molar refractivity (Wildman–Crippen MR) is 70.9 cm³/mol. The number of aromatic nitrogens is 1. The van der Waals surface area contributed by atoms with Gasteiger partial charge in [0.1, 0.15) is 5.15 Å². The van der Waals surface area contributed by atoms with Gasteiger partial charge in [-0.15, -0.1) is 6.58 Å². The Morgan fingerprint density at radius 2 is 2.44 bits per heavy atom. The van der Waals surface area contributed by atoms with E-state index in [9.17, 15) is 10.1 Å². The summed E-state index contributed by atoms with van der Waals surface area (Å²) in [4.78, 5) is 14.1. The van der Waals surface area contributed by atoms with Crippen LogP contribution in [0.25, 0.3) is 0 Å². The Kier molecular flexibility index (Phi) is 5.32. The fourth-order valence-electron chi connectivity index (χ4n) is 1.64. The van der Waals surface area contributed by atoms with Crippen molar-refractivity contribution < 1.29 is 4.92 Å². The van der Waals surface area contributed by atoms with Crippen LogP contribution in [0.4, 0.5) is 0 Å². The van der Waals surface area contributed by atoms with Crippen molar-refractivity contribution in [3.8, 4) is 0 Å². The molecule has 0 saturated heterocycles. The Labute approximate surface area is 110 Å². The molecule has 1 heterocycles. The van der Waals surface area contributed by atoms with E-state index in [0.29, 0.717) is 17.3 Å². The van der Waals surface area contributed by atoms with E-state index < -0.39 is 4.92 Å². The summed E-state index contributed by atoms with van der Waals surface area (Å²) in [6.45, 7) is 3.67. The second-order valence-corrected chi connectivity index (χ2v) is 4.00. The fraction of sp³-hybridized carbons (Fsp3) is 0.250. The summed E-state index contributed by atoms with van der Waals surface area (Å²) >= 11 is 5.72. The van der Waals surface area contributed by atoms with Crippen LogP contribution in [0.15, 0.2) is 42.9 Å². The molecule has 0 radical (unpaired) electrons. The Bertz CT molecular complexity index is 457. The highest BCUT2D eigenvalue weighted by molar-refractivity contribution is 6.29. The molecule has 18 heavy (non-hydrogen) atoms. The van der Waals surface area contributed by atoms with Gasteiger partial charge in [-0.3, -0.25) is 10.1 Å². The summed E-state index contributed by atoms with van der Waals surface area (Å²) in [7, 11) is 1.65. The molecule has 6 heteroatoms. The quantitative estimate of drug-likeness (QED) is 0.372. The summed E-state index contributed by atoms with van der Waals surface area (Å²) in [6, 6.07) is 3.46. The van der Waals surface area contributed by atoms with Crippen LogP contribution in [0, 0.1) is 10.1 Å². The van der Waals surface area contributed by atoms with Gasteiger partial charge in [-0.25, -0.2) is 4.98 Å². The van der Waals surface area contributed by atoms with E-state index >= 15 is 0 Å². The van der Waals surface area contributed by atoms with Crippen molar-refractivity contribution in [2.45, 2.75) is 12.3 Å². The van der Waals surface area contributed by atoms with Crippen LogP contribution in [-0.4, -0.2) is 17.0 Å². The number of hydrogen-bond acceptors (Lipinski definition) is 4. The number of nitro groups is 1. The minimum Gasteiger partial charge on any atom is -0.386 e. The van der Waals surface area contributed by atoms with Crippen LogP contribution >= 0.6 is 11.6 Å². The zero-order chi connectivity index (χ0) is 13.5. The van der Waals surface area contributed by atoms with Crippen molar-refractivity contribution in [1.82, 2.24) is 10.3 Å². The van der Waals surface area contributed by atoms with E-state index in [1.165, 1.54) is 0 Å². The van der Waals surface area contributed by atoms with E-state index in [1.54, 1.807) is 31.5 Å². The average molecular weight is 268 g/mol. The van der Waals surface area contributed by atoms with E-state index in [4.69, 9.17) is 11.6 Å². The number of nitrogens with zero attached hydrogens (tertiary/aromatic N) is 2. The molecular weight excluding hydrogens is 254 g/mol. The van der Waals surface area contributed by atoms with E-state index in [0.717, 1.165) is 11.8 Å². The Morgan fingerprint density at radius 3 is 2.89 bits per heavy atom. The van der Waals surface area contributed by atoms with Crippen molar-refractivity contribution in [2.24, 2.45) is 0 Å². The lowest BCUT2D eigenvalue weighted by Crippen LogP contribution is -2.16. The normalized spacial score (nSPS) is 12.9. The maximum Gasteiger partial charge on any atom is 0.253 e. The highest BCUT2D eigenvalue weighted by Gasteiger charge is 2.18. The minimum absolute atomic E-state index is 0.178. The second-order valence-electron chi connectivity index (χ2n) is 3.61. The standard InChI is InChI=1S/C12H14ClN3O2/c1-3-4-10(11(14-2)8-16(17)18)9-5-6-12(13)15-7-9/h3,5-8,10,14H,1,4H2,2H3. The first-order valence-corrected chi connectivity index (χ1v) is 5.71. The monoisotopic (exact) mass is 267 g/mol. The molecule has 1 aromatic rings. The molecule has 0 fully saturated rings. The highest BCUT2D eigenvalue weighted by atomic mass is 35.5. The molecule has 0 aliphatic carbocycles. The third-order valence-corrected chi connectivity index (χ3v) is 2.69. The summed E-state index contributed by atoms with van der Waals surface area (Å²) in [6.07, 6.45) is 4.86. The minimum atomic E-state index is -0.481. The fourth-order valence-corrected chi connectivity index (χ4v) is 1.76. The van der Waals surface area contributed by atoms with Gasteiger partial charge in [0.2, 0.25) is 0 Å². The maximum atomic E-state index is 10.6. The Balaban J connectivity index is 3.11. The molecule has 1 N–H and O–H groups in total. The van der Waals surface area contributed by atoms with Crippen molar-refractivity contribution >= 4 is 11.6 Å². The molecule has 0 saturated carbocycles. The van der Waals surface area contributed by atoms with Crippen LogP contribution < -0.4 is 5.32 Å². The SMILES string of the molecule is C=CCC(C(=C[N+](=O)[O-])NC)c1ccc(Cl)nc1. The lowest BCUT2D eigenvalue weighted by atomic mass is 9.94. The molecule has 0 aliphatic rings. The molecule has 0 spiro atoms. The van der Waals surface area contributed by atoms with Crippen LogP contribution in [0.5, 0.6) is 0 Å². The van der Waals surface area contributed by atoms with Gasteiger partial charge in [-0.2, -0.15) is 0 Å². The number of halogens is 1. The van der Waals surface area contributed by atoms with Gasteiger partial charge < -0.3 is 5.32 Å². The molecule has 0 bridgehead atoms. The summed E-state index contributed by atoms with van der Waals surface area (Å²) in [5, 5.41) is 13.8. The second kappa shape index (κ2) is 6.76. The maximum absolute atomic E-state index is 10.6. The lowest BCUT2D eigenvalue weighted by molar-refractivity contribution is -0.404. The molecule has 0 aliphatic heterocycles. The largest absolute Gasteiger partial charge is 0.386 e. The van der Waals surface area contributed by atoms with Crippen molar-refractivity contribution in [3.05, 3.63) is 63.7 Å². The first-order chi connectivity index (χ1) is 8.58. The van der Waals surface area contributed by atoms with Gasteiger partial charge >= 0.3 is 0 Å². The topological polar surface area (TPSA) is 68.1 Å². The molecular formula is C12H14ClN3O2. The first-order valence-electron chi connectivity index (χ1n) is 5.33. The van der Waals surface area contributed by atoms with Crippen molar-refractivity contribution in [3.63, 3.8) is 0 Å². The molecule has 96 valence electrons. The van der Waals surface area contributed by atoms with Gasteiger partial charge in [0.15, 0.2) is 0 Å². The van der Waals surface area contributed by atoms with Crippen molar-refractivity contribution in [2.75, 3.05) is 7.05 Å². The van der Waals surface area contributed by atoms with Gasteiger partial charge in [-0.05, 0) is 18.1 Å². The van der Waals surface area contributed by atoms with Crippen LogP contribution in [0.3, 0.4) is 0 Å². The van der Waals surface area contributed by atoms with Gasteiger partial charge in [0, 0.05) is 19.2 Å². The van der Waals surface area contributed by atoms with Crippen molar-refractivity contribution in [1.29, 1.82) is 0 Å². The van der Waals surface area contributed by atoms with Crippen LogP contribution in [-0.2, 0) is 0 Å². The molecule has 1 rings (SSSR count). The molecule has 0 aromatic carbocycles. The van der Waals surface area contributed by atoms with Gasteiger partial charge in [-0.1, -0.05) is 23.7 Å². The van der Waals surface area contributed by atoms with E-state index in [1.807, 2.05) is 0 Å². The zero-order valence-corrected chi connectivity index (χ0v) is 10.7. The molecule has 1 aromatic heterocycles. The third-order valence-electron chi connectivity index (χ3n) is 2.46. The number of allylic oxidation sites excluding steroid dienone is 2. The number of pyridine rings is 1. The third kappa shape index (κ3) is 3.85. The number of rotatable bonds is 6. The van der Waals surface area contributed by atoms with Crippen LogP contribution in [0.1, 0.15) is 17.9 Å². The molecule has 1 atom stereocenters. The van der Waals surface area contributed by atoms with Crippen LogP contribution in [0.2, 0.25) is 5.15 Å². The van der Waals surface area contributed by atoms with E-state index in [2.05, 4.69) is 16.9 Å². The molecule has 1 unspecified atom stereocenters. The predicted octanol–water partition coefficient (Wildman–Crippen LogP) is 2.73. The first kappa shape index (κ1) is 14.2. The average Bonchev–Trinajstić information content (AvgIpc) is 2.34. The molecule has 5 nitrogen and oxygen atoms in total. The summed E-state index contributed by atoms with van der Waals surface area (Å²) in [5.41, 5.74) is 1.35. The van der Waals surface area contributed by atoms with E-state index in [-0.39, 0.29) is 5.92 Å². The van der Waals surface area contributed by atoms with Gasteiger partial charge in [0.05, 0.1) is 10.6 Å². The summed E-state index contributed by atoms with van der Waals surface area (Å²) < 4.78 is 0. The number of likely N-dealkylation sites (N-methyl/N-ethyl adjacent to an activating group) is 1.